The van der Waals surface area contributed by atoms with E-state index in [0.717, 1.165) is 44.9 Å². The van der Waals surface area contributed by atoms with Crippen LogP contribution in [0.25, 0.3) is 0 Å². The van der Waals surface area contributed by atoms with E-state index in [9.17, 15) is 19.8 Å². The molecule has 0 saturated carbocycles. The van der Waals surface area contributed by atoms with Crippen LogP contribution in [0.1, 0.15) is 450 Å². The maximum atomic E-state index is 12.5. The monoisotopic (exact) mass is 1210 g/mol. The number of esters is 1. The quantitative estimate of drug-likeness (QED) is 0.0320. The van der Waals surface area contributed by atoms with Crippen molar-refractivity contribution in [2.24, 2.45) is 0 Å². The first-order valence-electron chi connectivity index (χ1n) is 39.6. The molecule has 0 spiro atoms. The van der Waals surface area contributed by atoms with Gasteiger partial charge in [0.1, 0.15) is 0 Å². The van der Waals surface area contributed by atoms with Gasteiger partial charge in [0.05, 0.1) is 25.4 Å². The van der Waals surface area contributed by atoms with Crippen molar-refractivity contribution in [3.05, 3.63) is 24.3 Å². The molecule has 0 aliphatic rings. The zero-order chi connectivity index (χ0) is 62.0. The highest BCUT2D eigenvalue weighted by atomic mass is 16.5. The van der Waals surface area contributed by atoms with Crippen molar-refractivity contribution in [1.29, 1.82) is 0 Å². The summed E-state index contributed by atoms with van der Waals surface area (Å²) in [6, 6.07) is -0.626. The predicted molar refractivity (Wildman–Crippen MR) is 380 cm³/mol. The van der Waals surface area contributed by atoms with Crippen LogP contribution in [-0.2, 0) is 14.3 Å². The number of carbonyl (C=O) groups excluding carboxylic acids is 2. The number of hydrogen-bond donors (Lipinski definition) is 3. The Bertz CT molecular complexity index is 1350. The maximum Gasteiger partial charge on any atom is 0.305 e. The van der Waals surface area contributed by atoms with Gasteiger partial charge in [-0.05, 0) is 57.8 Å². The Morgan fingerprint density at radius 1 is 0.314 bits per heavy atom. The van der Waals surface area contributed by atoms with Gasteiger partial charge in [0.25, 0.3) is 0 Å². The van der Waals surface area contributed by atoms with E-state index in [1.54, 1.807) is 6.08 Å². The fourth-order valence-corrected chi connectivity index (χ4v) is 12.7. The van der Waals surface area contributed by atoms with E-state index in [1.807, 2.05) is 6.08 Å². The summed E-state index contributed by atoms with van der Waals surface area (Å²) in [5.41, 5.74) is 0. The minimum absolute atomic E-state index is 0.0174. The van der Waals surface area contributed by atoms with E-state index in [2.05, 4.69) is 31.3 Å². The van der Waals surface area contributed by atoms with Crippen LogP contribution in [-0.4, -0.2) is 47.4 Å². The van der Waals surface area contributed by atoms with E-state index < -0.39 is 12.1 Å². The number of unbranched alkanes of at least 4 members (excludes halogenated alkanes) is 62. The number of nitrogens with one attached hydrogen (secondary N) is 1. The topological polar surface area (TPSA) is 95.9 Å². The molecule has 0 saturated heterocycles. The van der Waals surface area contributed by atoms with Crippen LogP contribution in [0.4, 0.5) is 0 Å². The van der Waals surface area contributed by atoms with Gasteiger partial charge >= 0.3 is 5.97 Å². The predicted octanol–water partition coefficient (Wildman–Crippen LogP) is 26.0. The lowest BCUT2D eigenvalue weighted by Crippen LogP contribution is -2.45. The summed E-state index contributed by atoms with van der Waals surface area (Å²) in [5.74, 6) is -0.0421. The summed E-state index contributed by atoms with van der Waals surface area (Å²) >= 11 is 0. The maximum absolute atomic E-state index is 12.5. The number of rotatable bonds is 75. The number of aliphatic hydroxyl groups excluding tert-OH is 2. The number of hydrogen-bond acceptors (Lipinski definition) is 5. The number of aliphatic hydroxyl groups is 2. The van der Waals surface area contributed by atoms with Crippen molar-refractivity contribution >= 4 is 11.9 Å². The minimum Gasteiger partial charge on any atom is -0.466 e. The van der Waals surface area contributed by atoms with Gasteiger partial charge in [-0.1, -0.05) is 404 Å². The van der Waals surface area contributed by atoms with Crippen molar-refractivity contribution in [3.63, 3.8) is 0 Å². The van der Waals surface area contributed by atoms with Crippen LogP contribution in [0, 0.1) is 0 Å². The van der Waals surface area contributed by atoms with E-state index in [-0.39, 0.29) is 18.5 Å². The van der Waals surface area contributed by atoms with E-state index in [4.69, 9.17) is 4.74 Å². The Balaban J connectivity index is 3.35. The fraction of sp³-hybridized carbons (Fsp3) is 0.925. The second-order valence-electron chi connectivity index (χ2n) is 27.4. The third kappa shape index (κ3) is 71.4. The van der Waals surface area contributed by atoms with Crippen LogP contribution < -0.4 is 5.32 Å². The van der Waals surface area contributed by atoms with Gasteiger partial charge in [-0.15, -0.1) is 0 Å². The average molecular weight is 1210 g/mol. The van der Waals surface area contributed by atoms with Gasteiger partial charge < -0.3 is 20.3 Å². The Morgan fingerprint density at radius 2 is 0.547 bits per heavy atom. The summed E-state index contributed by atoms with van der Waals surface area (Å²) < 4.78 is 5.51. The lowest BCUT2D eigenvalue weighted by atomic mass is 10.0. The summed E-state index contributed by atoms with van der Waals surface area (Å²) in [5, 5.41) is 23.3. The average Bonchev–Trinajstić information content (AvgIpc) is 3.53. The first-order chi connectivity index (χ1) is 42.5. The number of allylic oxidation sites excluding steroid dienone is 3. The highest BCUT2D eigenvalue weighted by molar-refractivity contribution is 5.76. The Hall–Kier alpha value is -1.66. The number of ether oxygens (including phenoxy) is 1. The van der Waals surface area contributed by atoms with Gasteiger partial charge in [0.2, 0.25) is 5.91 Å². The molecule has 86 heavy (non-hydrogen) atoms. The molecule has 6 nitrogen and oxygen atoms in total. The SMILES string of the molecule is CCCCCCCCC/C=C\CCCCCCCCCC(=O)OCCCCCCCCCCCCCCCCCCCCCCCCCCCCCCCC(=O)NC(CO)C(O)/C=C/CCCCCCCCCCCCCCCCCCCCCC. The number of amides is 1. The normalized spacial score (nSPS) is 12.6. The summed E-state index contributed by atoms with van der Waals surface area (Å²) in [7, 11) is 0. The van der Waals surface area contributed by atoms with E-state index in [1.165, 1.54) is 379 Å². The van der Waals surface area contributed by atoms with Crippen LogP contribution in [0.3, 0.4) is 0 Å². The molecule has 0 bridgehead atoms. The van der Waals surface area contributed by atoms with Crippen LogP contribution >= 0.6 is 0 Å². The zero-order valence-corrected chi connectivity index (χ0v) is 58.6. The van der Waals surface area contributed by atoms with Crippen molar-refractivity contribution in [2.75, 3.05) is 13.2 Å². The largest absolute Gasteiger partial charge is 0.466 e. The summed E-state index contributed by atoms with van der Waals surface area (Å²) in [6.07, 6.45) is 97.2. The van der Waals surface area contributed by atoms with Gasteiger partial charge in [-0.2, -0.15) is 0 Å². The number of carbonyl (C=O) groups is 2. The first kappa shape index (κ1) is 84.3. The molecule has 2 atom stereocenters. The van der Waals surface area contributed by atoms with E-state index in [0.29, 0.717) is 19.4 Å². The van der Waals surface area contributed by atoms with Crippen LogP contribution in [0.15, 0.2) is 24.3 Å². The van der Waals surface area contributed by atoms with Gasteiger partial charge in [-0.25, -0.2) is 0 Å². The second-order valence-corrected chi connectivity index (χ2v) is 27.4. The molecule has 6 heteroatoms. The highest BCUT2D eigenvalue weighted by Crippen LogP contribution is 2.20. The molecule has 0 radical (unpaired) electrons. The zero-order valence-electron chi connectivity index (χ0n) is 58.6. The third-order valence-electron chi connectivity index (χ3n) is 18.7. The van der Waals surface area contributed by atoms with Crippen molar-refractivity contribution in [2.45, 2.75) is 463 Å². The molecular weight excluding hydrogens is 1050 g/mol. The molecule has 0 aromatic heterocycles. The highest BCUT2D eigenvalue weighted by Gasteiger charge is 2.18. The molecule has 0 heterocycles. The molecule has 0 aliphatic heterocycles. The van der Waals surface area contributed by atoms with E-state index >= 15 is 0 Å². The van der Waals surface area contributed by atoms with Gasteiger partial charge in [0, 0.05) is 12.8 Å². The molecule has 0 aromatic carbocycles. The molecule has 2 unspecified atom stereocenters. The third-order valence-corrected chi connectivity index (χ3v) is 18.7. The summed E-state index contributed by atoms with van der Waals surface area (Å²) in [6.45, 7) is 4.95. The first-order valence-corrected chi connectivity index (χ1v) is 39.6. The molecular formula is C80H155NO5. The standard InChI is InChI=1S/C80H155NO5/c1-3-5-7-9-11-13-15-17-19-21-23-24-34-37-40-44-48-52-56-60-64-68-72-78(83)77(76-82)81-79(84)73-69-65-61-57-53-49-45-41-38-35-32-30-28-26-25-27-29-31-33-36-39-43-47-51-55-59-63-67-71-75-86-80(85)74-70-66-62-58-54-50-46-42-22-20-18-16-14-12-10-8-6-4-2/h20,22,68,72,77-78,82-83H,3-19,21,23-67,69-71,73-76H2,1-2H3,(H,81,84)/b22-20-,72-68+. The lowest BCUT2D eigenvalue weighted by molar-refractivity contribution is -0.143. The minimum atomic E-state index is -0.843. The molecule has 0 aromatic rings. The van der Waals surface area contributed by atoms with Crippen LogP contribution in [0.2, 0.25) is 0 Å². The molecule has 1 amide bonds. The lowest BCUT2D eigenvalue weighted by Gasteiger charge is -2.20. The Morgan fingerprint density at radius 3 is 0.826 bits per heavy atom. The summed E-state index contributed by atoms with van der Waals surface area (Å²) in [4.78, 5) is 24.7. The molecule has 3 N–H and O–H groups in total. The molecule has 0 rings (SSSR count). The fourth-order valence-electron chi connectivity index (χ4n) is 12.7. The van der Waals surface area contributed by atoms with Gasteiger partial charge in [0.15, 0.2) is 0 Å². The van der Waals surface area contributed by atoms with Crippen LogP contribution in [0.5, 0.6) is 0 Å². The smallest absolute Gasteiger partial charge is 0.305 e. The second kappa shape index (κ2) is 75.8. The molecule has 510 valence electrons. The Kier molecular flexibility index (Phi) is 74.3. The van der Waals surface area contributed by atoms with Crippen molar-refractivity contribution < 1.29 is 24.5 Å². The van der Waals surface area contributed by atoms with Gasteiger partial charge in [-0.3, -0.25) is 9.59 Å². The molecule has 0 aliphatic carbocycles. The van der Waals surface area contributed by atoms with Crippen molar-refractivity contribution in [3.8, 4) is 0 Å². The Labute approximate surface area is 539 Å². The van der Waals surface area contributed by atoms with Crippen molar-refractivity contribution in [1.82, 2.24) is 5.32 Å². The molecule has 0 fully saturated rings.